The maximum Gasteiger partial charge on any atom is 0.266 e. The summed E-state index contributed by atoms with van der Waals surface area (Å²) >= 11 is 5.00. The predicted molar refractivity (Wildman–Crippen MR) is 137 cm³/mol. The SMILES string of the molecule is CCOc1ccc(OCC(=O)N(CCCn2ccnc2)c2nc3ccc(Br)cc3s2)cc1.Cl. The number of imidazole rings is 1. The molecule has 0 aliphatic heterocycles. The van der Waals surface area contributed by atoms with Crippen LogP contribution in [0.3, 0.4) is 0 Å². The van der Waals surface area contributed by atoms with Gasteiger partial charge in [0.25, 0.3) is 5.91 Å². The minimum absolute atomic E-state index is 0. The van der Waals surface area contributed by atoms with E-state index in [1.54, 1.807) is 29.6 Å². The van der Waals surface area contributed by atoms with Crippen molar-refractivity contribution >= 4 is 60.9 Å². The number of halogens is 2. The molecule has 4 rings (SSSR count). The van der Waals surface area contributed by atoms with Gasteiger partial charge in [-0.15, -0.1) is 12.4 Å². The number of fused-ring (bicyclic) bond motifs is 1. The van der Waals surface area contributed by atoms with Crippen molar-refractivity contribution in [3.05, 3.63) is 65.7 Å². The highest BCUT2D eigenvalue weighted by Crippen LogP contribution is 2.31. The van der Waals surface area contributed by atoms with Crippen LogP contribution in [0.1, 0.15) is 13.3 Å². The molecule has 0 unspecified atom stereocenters. The lowest BCUT2D eigenvalue weighted by molar-refractivity contribution is -0.120. The van der Waals surface area contributed by atoms with Gasteiger partial charge in [-0.05, 0) is 55.8 Å². The molecular weight excluding hydrogens is 528 g/mol. The third kappa shape index (κ3) is 6.69. The van der Waals surface area contributed by atoms with Crippen molar-refractivity contribution in [2.24, 2.45) is 0 Å². The molecule has 0 atom stereocenters. The van der Waals surface area contributed by atoms with Crippen LogP contribution in [-0.4, -0.2) is 40.2 Å². The van der Waals surface area contributed by atoms with Gasteiger partial charge in [-0.1, -0.05) is 27.3 Å². The van der Waals surface area contributed by atoms with E-state index >= 15 is 0 Å². The van der Waals surface area contributed by atoms with Crippen LogP contribution in [0.5, 0.6) is 11.5 Å². The van der Waals surface area contributed by atoms with Gasteiger partial charge in [-0.2, -0.15) is 0 Å². The molecule has 0 aliphatic rings. The van der Waals surface area contributed by atoms with E-state index in [1.165, 1.54) is 11.3 Å². The molecule has 33 heavy (non-hydrogen) atoms. The highest BCUT2D eigenvalue weighted by atomic mass is 79.9. The highest BCUT2D eigenvalue weighted by molar-refractivity contribution is 9.10. The van der Waals surface area contributed by atoms with Gasteiger partial charge in [-0.3, -0.25) is 9.69 Å². The molecule has 2 aromatic heterocycles. The molecule has 2 aromatic carbocycles. The molecule has 0 saturated heterocycles. The van der Waals surface area contributed by atoms with Crippen LogP contribution in [0.2, 0.25) is 0 Å². The molecule has 0 saturated carbocycles. The van der Waals surface area contributed by atoms with Gasteiger partial charge in [-0.25, -0.2) is 9.97 Å². The number of hydrogen-bond acceptors (Lipinski definition) is 6. The van der Waals surface area contributed by atoms with Crippen LogP contribution in [0.4, 0.5) is 5.13 Å². The van der Waals surface area contributed by atoms with Crippen LogP contribution < -0.4 is 14.4 Å². The number of thiazole rings is 1. The third-order valence-corrected chi connectivity index (χ3v) is 6.26. The first-order valence-corrected chi connectivity index (χ1v) is 11.9. The number of hydrogen-bond donors (Lipinski definition) is 0. The fourth-order valence-corrected chi connectivity index (χ4v) is 4.74. The van der Waals surface area contributed by atoms with Crippen LogP contribution in [0.15, 0.2) is 65.7 Å². The average molecular weight is 552 g/mol. The van der Waals surface area contributed by atoms with Crippen molar-refractivity contribution in [1.82, 2.24) is 14.5 Å². The number of amides is 1. The number of aryl methyl sites for hydroxylation is 1. The maximum atomic E-state index is 13.1. The van der Waals surface area contributed by atoms with Gasteiger partial charge in [0, 0.05) is 30.0 Å². The molecular formula is C23H24BrClN4O3S. The average Bonchev–Trinajstić information content (AvgIpc) is 3.45. The largest absolute Gasteiger partial charge is 0.494 e. The summed E-state index contributed by atoms with van der Waals surface area (Å²) in [6.07, 6.45) is 6.20. The first kappa shape index (κ1) is 25.0. The van der Waals surface area contributed by atoms with Gasteiger partial charge in [0.05, 0.1) is 23.2 Å². The van der Waals surface area contributed by atoms with Crippen molar-refractivity contribution in [1.29, 1.82) is 0 Å². The Labute approximate surface area is 210 Å². The standard InChI is InChI=1S/C23H23BrN4O3S.ClH/c1-2-30-18-5-7-19(8-6-18)31-15-22(29)28(12-3-11-27-13-10-25-16-27)23-26-20-9-4-17(24)14-21(20)32-23;/h4-10,13-14,16H,2-3,11-12,15H2,1H3;1H. The van der Waals surface area contributed by atoms with E-state index < -0.39 is 0 Å². The molecule has 0 spiro atoms. The Hall–Kier alpha value is -2.62. The smallest absolute Gasteiger partial charge is 0.266 e. The number of aromatic nitrogens is 3. The second-order valence-electron chi connectivity index (χ2n) is 7.00. The Bertz CT molecular complexity index is 1170. The zero-order valence-electron chi connectivity index (χ0n) is 18.0. The van der Waals surface area contributed by atoms with E-state index in [0.29, 0.717) is 24.0 Å². The molecule has 0 bridgehead atoms. The summed E-state index contributed by atoms with van der Waals surface area (Å²) < 4.78 is 15.2. The van der Waals surface area contributed by atoms with Gasteiger partial charge >= 0.3 is 0 Å². The lowest BCUT2D eigenvalue weighted by Gasteiger charge is -2.20. The van der Waals surface area contributed by atoms with Crippen LogP contribution in [0, 0.1) is 0 Å². The number of carbonyl (C=O) groups is 1. The molecule has 10 heteroatoms. The van der Waals surface area contributed by atoms with E-state index in [1.807, 2.05) is 48.0 Å². The van der Waals surface area contributed by atoms with Crippen molar-refractivity contribution in [3.63, 3.8) is 0 Å². The minimum Gasteiger partial charge on any atom is -0.494 e. The topological polar surface area (TPSA) is 69.5 Å². The molecule has 7 nitrogen and oxygen atoms in total. The number of carbonyl (C=O) groups excluding carboxylic acids is 1. The molecule has 2 heterocycles. The Morgan fingerprint density at radius 3 is 2.61 bits per heavy atom. The van der Waals surface area contributed by atoms with Crippen molar-refractivity contribution in [3.8, 4) is 11.5 Å². The van der Waals surface area contributed by atoms with E-state index in [0.717, 1.165) is 33.4 Å². The Morgan fingerprint density at radius 2 is 1.91 bits per heavy atom. The van der Waals surface area contributed by atoms with E-state index in [4.69, 9.17) is 9.47 Å². The second-order valence-corrected chi connectivity index (χ2v) is 8.93. The lowest BCUT2D eigenvalue weighted by Crippen LogP contribution is -2.36. The first-order chi connectivity index (χ1) is 15.6. The van der Waals surface area contributed by atoms with Gasteiger partial charge in [0.15, 0.2) is 11.7 Å². The van der Waals surface area contributed by atoms with Crippen molar-refractivity contribution in [2.75, 3.05) is 24.7 Å². The van der Waals surface area contributed by atoms with Gasteiger partial charge < -0.3 is 14.0 Å². The van der Waals surface area contributed by atoms with Crippen LogP contribution in [0.25, 0.3) is 10.2 Å². The summed E-state index contributed by atoms with van der Waals surface area (Å²) in [4.78, 5) is 23.6. The first-order valence-electron chi connectivity index (χ1n) is 10.3. The number of benzene rings is 2. The molecule has 4 aromatic rings. The zero-order chi connectivity index (χ0) is 22.3. The van der Waals surface area contributed by atoms with E-state index in [2.05, 4.69) is 25.9 Å². The Morgan fingerprint density at radius 1 is 1.15 bits per heavy atom. The minimum atomic E-state index is -0.136. The second kappa shape index (κ2) is 12.0. The normalized spacial score (nSPS) is 10.6. The quantitative estimate of drug-likeness (QED) is 0.257. The van der Waals surface area contributed by atoms with E-state index in [-0.39, 0.29) is 24.9 Å². The molecule has 174 valence electrons. The summed E-state index contributed by atoms with van der Waals surface area (Å²) in [5.74, 6) is 1.25. The molecule has 0 radical (unpaired) electrons. The summed E-state index contributed by atoms with van der Waals surface area (Å²) in [6, 6.07) is 13.2. The monoisotopic (exact) mass is 550 g/mol. The molecule has 1 amide bonds. The van der Waals surface area contributed by atoms with Crippen LogP contribution in [-0.2, 0) is 11.3 Å². The Kier molecular flexibility index (Phi) is 9.11. The van der Waals surface area contributed by atoms with Gasteiger partial charge in [0.2, 0.25) is 0 Å². The van der Waals surface area contributed by atoms with Crippen LogP contribution >= 0.6 is 39.7 Å². The maximum absolute atomic E-state index is 13.1. The summed E-state index contributed by atoms with van der Waals surface area (Å²) in [6.45, 7) is 3.76. The van der Waals surface area contributed by atoms with Crippen molar-refractivity contribution < 1.29 is 14.3 Å². The van der Waals surface area contributed by atoms with E-state index in [9.17, 15) is 4.79 Å². The number of rotatable bonds is 10. The summed E-state index contributed by atoms with van der Waals surface area (Å²) in [5, 5.41) is 0.670. The van der Waals surface area contributed by atoms with Crippen molar-refractivity contribution in [2.45, 2.75) is 19.9 Å². The number of nitrogens with zero attached hydrogens (tertiary/aromatic N) is 4. The predicted octanol–water partition coefficient (Wildman–Crippen LogP) is 5.58. The summed E-state index contributed by atoms with van der Waals surface area (Å²) in [5.41, 5.74) is 0.869. The van der Waals surface area contributed by atoms with Gasteiger partial charge in [0.1, 0.15) is 11.5 Å². The summed E-state index contributed by atoms with van der Waals surface area (Å²) in [7, 11) is 0. The molecule has 0 N–H and O–H groups in total. The molecule has 0 fully saturated rings. The third-order valence-electron chi connectivity index (χ3n) is 4.73. The lowest BCUT2D eigenvalue weighted by atomic mass is 10.3. The number of ether oxygens (including phenoxy) is 2. The highest BCUT2D eigenvalue weighted by Gasteiger charge is 2.20. The molecule has 0 aliphatic carbocycles. The fraction of sp³-hybridized carbons (Fsp3) is 0.261. The zero-order valence-corrected chi connectivity index (χ0v) is 21.2. The fourth-order valence-electron chi connectivity index (χ4n) is 3.18. The number of anilines is 1. The Balaban J connectivity index is 0.00000306.